The predicted molar refractivity (Wildman–Crippen MR) is 78.4 cm³/mol. The van der Waals surface area contributed by atoms with Crippen LogP contribution in [0.4, 0.5) is 0 Å². The summed E-state index contributed by atoms with van der Waals surface area (Å²) in [5.74, 6) is 0.231. The zero-order valence-corrected chi connectivity index (χ0v) is 12.3. The molecule has 1 amide bonds. The van der Waals surface area contributed by atoms with Gasteiger partial charge in [-0.25, -0.2) is 4.79 Å². The molecule has 0 aliphatic heterocycles. The minimum atomic E-state index is -1.08. The Morgan fingerprint density at radius 1 is 1.29 bits per heavy atom. The average Bonchev–Trinajstić information content (AvgIpc) is 3.01. The van der Waals surface area contributed by atoms with Gasteiger partial charge in [-0.15, -0.1) is 11.3 Å². The molecule has 3 rings (SSSR count). The lowest BCUT2D eigenvalue weighted by molar-refractivity contribution is -0.148. The van der Waals surface area contributed by atoms with Crippen molar-refractivity contribution in [3.05, 3.63) is 34.9 Å². The molecule has 1 aliphatic carbocycles. The fourth-order valence-electron chi connectivity index (χ4n) is 2.36. The Kier molecular flexibility index (Phi) is 3.33. The fourth-order valence-corrected chi connectivity index (χ4v) is 3.22. The molecule has 21 heavy (non-hydrogen) atoms. The molecule has 2 N–H and O–H groups in total. The van der Waals surface area contributed by atoms with Gasteiger partial charge in [0.25, 0.3) is 5.91 Å². The fraction of sp³-hybridized carbons (Fsp3) is 0.333. The number of thiophene rings is 1. The van der Waals surface area contributed by atoms with Crippen molar-refractivity contribution >= 4 is 23.2 Å². The normalized spacial score (nSPS) is 16.2. The Balaban J connectivity index is 1.77. The van der Waals surface area contributed by atoms with Crippen LogP contribution in [-0.4, -0.2) is 22.5 Å². The van der Waals surface area contributed by atoms with Gasteiger partial charge in [0.2, 0.25) is 0 Å². The summed E-state index contributed by atoms with van der Waals surface area (Å²) in [7, 11) is 0. The molecule has 1 aliphatic rings. The molecule has 2 heterocycles. The molecular weight excluding hydrogens is 290 g/mol. The first-order chi connectivity index (χ1) is 10.00. The Morgan fingerprint density at radius 3 is 2.57 bits per heavy atom. The second-order valence-electron chi connectivity index (χ2n) is 5.27. The van der Waals surface area contributed by atoms with Crippen LogP contribution in [0.25, 0.3) is 10.6 Å². The number of amides is 1. The molecule has 2 aromatic heterocycles. The van der Waals surface area contributed by atoms with Crippen molar-refractivity contribution in [2.24, 2.45) is 0 Å². The van der Waals surface area contributed by atoms with Crippen LogP contribution in [0.1, 0.15) is 34.7 Å². The van der Waals surface area contributed by atoms with Gasteiger partial charge in [-0.2, -0.15) is 0 Å². The third-order valence-electron chi connectivity index (χ3n) is 3.78. The molecule has 0 aromatic carbocycles. The molecular formula is C15H15NO4S. The topological polar surface area (TPSA) is 79.5 Å². The number of rotatable bonds is 4. The van der Waals surface area contributed by atoms with E-state index in [2.05, 4.69) is 5.32 Å². The standard InChI is InChI=1S/C15H15NO4S/c1-9-3-4-10(20-9)11-5-6-12(21-11)13(17)16-15(14(18)19)7-2-8-15/h3-6H,2,7-8H2,1H3,(H,16,17)(H,18,19). The maximum atomic E-state index is 12.2. The molecule has 6 heteroatoms. The number of nitrogens with one attached hydrogen (secondary N) is 1. The third kappa shape index (κ3) is 2.47. The lowest BCUT2D eigenvalue weighted by Crippen LogP contribution is -2.59. The Bertz CT molecular complexity index is 696. The van der Waals surface area contributed by atoms with E-state index in [1.165, 1.54) is 11.3 Å². The molecule has 5 nitrogen and oxygen atoms in total. The number of aliphatic carboxylic acids is 1. The monoisotopic (exact) mass is 305 g/mol. The summed E-state index contributed by atoms with van der Waals surface area (Å²) < 4.78 is 5.52. The van der Waals surface area contributed by atoms with E-state index in [1.807, 2.05) is 25.1 Å². The lowest BCUT2D eigenvalue weighted by Gasteiger charge is -2.38. The molecule has 0 unspecified atom stereocenters. The zero-order chi connectivity index (χ0) is 15.0. The van der Waals surface area contributed by atoms with Crippen LogP contribution in [0.5, 0.6) is 0 Å². The largest absolute Gasteiger partial charge is 0.480 e. The van der Waals surface area contributed by atoms with Gasteiger partial charge in [-0.05, 0) is 50.5 Å². The first-order valence-electron chi connectivity index (χ1n) is 6.73. The van der Waals surface area contributed by atoms with E-state index in [1.54, 1.807) is 6.07 Å². The minimum absolute atomic E-state index is 0.336. The van der Waals surface area contributed by atoms with Crippen LogP contribution in [0.15, 0.2) is 28.7 Å². The summed E-state index contributed by atoms with van der Waals surface area (Å²) in [5.41, 5.74) is -1.08. The van der Waals surface area contributed by atoms with Crippen LogP contribution in [0, 0.1) is 6.92 Å². The molecule has 0 bridgehead atoms. The number of furan rings is 1. The van der Waals surface area contributed by atoms with Gasteiger partial charge < -0.3 is 14.8 Å². The minimum Gasteiger partial charge on any atom is -0.480 e. The third-order valence-corrected chi connectivity index (χ3v) is 4.88. The SMILES string of the molecule is Cc1ccc(-c2ccc(C(=O)NC3(C(=O)O)CCC3)s2)o1. The van der Waals surface area contributed by atoms with Gasteiger partial charge >= 0.3 is 5.97 Å². The number of hydrogen-bond acceptors (Lipinski definition) is 4. The highest BCUT2D eigenvalue weighted by molar-refractivity contribution is 7.17. The summed E-state index contributed by atoms with van der Waals surface area (Å²) in [6.07, 6.45) is 1.81. The quantitative estimate of drug-likeness (QED) is 0.910. The molecule has 0 radical (unpaired) electrons. The first kappa shape index (κ1) is 13.9. The van der Waals surface area contributed by atoms with E-state index in [0.717, 1.165) is 17.1 Å². The number of carbonyl (C=O) groups is 2. The summed E-state index contributed by atoms with van der Waals surface area (Å²) in [6, 6.07) is 7.23. The van der Waals surface area contributed by atoms with Gasteiger partial charge in [0.05, 0.1) is 9.75 Å². The highest BCUT2D eigenvalue weighted by Gasteiger charge is 2.45. The summed E-state index contributed by atoms with van der Waals surface area (Å²) in [5, 5.41) is 11.9. The van der Waals surface area contributed by atoms with E-state index >= 15 is 0 Å². The van der Waals surface area contributed by atoms with Crippen molar-refractivity contribution in [1.82, 2.24) is 5.32 Å². The number of carbonyl (C=O) groups excluding carboxylic acids is 1. The van der Waals surface area contributed by atoms with Crippen LogP contribution in [-0.2, 0) is 4.79 Å². The van der Waals surface area contributed by atoms with Crippen LogP contribution >= 0.6 is 11.3 Å². The van der Waals surface area contributed by atoms with E-state index in [9.17, 15) is 14.7 Å². The average molecular weight is 305 g/mol. The van der Waals surface area contributed by atoms with Crippen molar-refractivity contribution in [3.8, 4) is 10.6 Å². The van der Waals surface area contributed by atoms with Crippen molar-refractivity contribution in [2.45, 2.75) is 31.7 Å². The Morgan fingerprint density at radius 2 is 2.05 bits per heavy atom. The maximum absolute atomic E-state index is 12.2. The zero-order valence-electron chi connectivity index (χ0n) is 11.5. The van der Waals surface area contributed by atoms with Gasteiger partial charge in [-0.3, -0.25) is 4.79 Å². The number of aryl methyl sites for hydroxylation is 1. The molecule has 0 saturated heterocycles. The van der Waals surface area contributed by atoms with Gasteiger partial charge in [-0.1, -0.05) is 0 Å². The number of hydrogen-bond donors (Lipinski definition) is 2. The molecule has 0 spiro atoms. The van der Waals surface area contributed by atoms with E-state index < -0.39 is 11.5 Å². The van der Waals surface area contributed by atoms with Crippen LogP contribution < -0.4 is 5.32 Å². The summed E-state index contributed by atoms with van der Waals surface area (Å²) in [6.45, 7) is 1.86. The number of carboxylic acids is 1. The van der Waals surface area contributed by atoms with E-state index in [-0.39, 0.29) is 5.91 Å². The highest BCUT2D eigenvalue weighted by Crippen LogP contribution is 2.34. The smallest absolute Gasteiger partial charge is 0.329 e. The summed E-state index contributed by atoms with van der Waals surface area (Å²) in [4.78, 5) is 24.8. The lowest BCUT2D eigenvalue weighted by atomic mass is 9.77. The van der Waals surface area contributed by atoms with Crippen LogP contribution in [0.3, 0.4) is 0 Å². The van der Waals surface area contributed by atoms with Gasteiger partial charge in [0, 0.05) is 0 Å². The van der Waals surface area contributed by atoms with Gasteiger partial charge in [0.1, 0.15) is 17.1 Å². The molecule has 2 aromatic rings. The van der Waals surface area contributed by atoms with Crippen molar-refractivity contribution in [3.63, 3.8) is 0 Å². The van der Waals surface area contributed by atoms with Crippen molar-refractivity contribution in [2.75, 3.05) is 0 Å². The van der Waals surface area contributed by atoms with Crippen molar-refractivity contribution in [1.29, 1.82) is 0 Å². The summed E-state index contributed by atoms with van der Waals surface area (Å²) >= 11 is 1.30. The van der Waals surface area contributed by atoms with E-state index in [0.29, 0.717) is 23.5 Å². The Labute approximate surface area is 125 Å². The second kappa shape index (κ2) is 5.04. The molecule has 110 valence electrons. The van der Waals surface area contributed by atoms with Gasteiger partial charge in [0.15, 0.2) is 0 Å². The second-order valence-corrected chi connectivity index (χ2v) is 6.35. The number of carboxylic acid groups (broad SMARTS) is 1. The Hall–Kier alpha value is -2.08. The van der Waals surface area contributed by atoms with Crippen molar-refractivity contribution < 1.29 is 19.1 Å². The molecule has 1 saturated carbocycles. The first-order valence-corrected chi connectivity index (χ1v) is 7.54. The molecule has 1 fully saturated rings. The highest BCUT2D eigenvalue weighted by atomic mass is 32.1. The predicted octanol–water partition coefficient (Wildman–Crippen LogP) is 3.05. The molecule has 0 atom stereocenters. The van der Waals surface area contributed by atoms with Crippen LogP contribution in [0.2, 0.25) is 0 Å². The maximum Gasteiger partial charge on any atom is 0.329 e. The van der Waals surface area contributed by atoms with E-state index in [4.69, 9.17) is 4.42 Å².